The van der Waals surface area contributed by atoms with E-state index in [1.807, 2.05) is 0 Å². The molecule has 3 N–H and O–H groups in total. The van der Waals surface area contributed by atoms with Gasteiger partial charge in [-0.15, -0.1) is 12.8 Å². The Balaban J connectivity index is 0.000000284. The number of hydrogen-bond donors (Lipinski definition) is 3. The number of ether oxygens (including phenoxy) is 2. The van der Waals surface area contributed by atoms with Crippen LogP contribution < -0.4 is 9.47 Å². The summed E-state index contributed by atoms with van der Waals surface area (Å²) in [7, 11) is 0. The number of rotatable bonds is 9. The van der Waals surface area contributed by atoms with E-state index >= 15 is 4.39 Å². The number of phenolic OH excluding ortho intramolecular Hbond substituents is 2. The van der Waals surface area contributed by atoms with Crippen molar-refractivity contribution in [3.63, 3.8) is 0 Å². The number of carboxylic acids is 1. The first-order chi connectivity index (χ1) is 29.0. The molecule has 0 spiro atoms. The second-order valence-electron chi connectivity index (χ2n) is 12.9. The predicted molar refractivity (Wildman–Crippen MR) is 231 cm³/mol. The Morgan fingerprint density at radius 2 is 0.967 bits per heavy atom. The molecule has 6 aromatic carbocycles. The lowest BCUT2D eigenvalue weighted by Gasteiger charge is -2.12. The van der Waals surface area contributed by atoms with E-state index in [1.54, 1.807) is 129 Å². The first kappa shape index (κ1) is 44.7. The molecule has 0 amide bonds. The van der Waals surface area contributed by atoms with Gasteiger partial charge in [0.25, 0.3) is 0 Å². The molecule has 0 bridgehead atoms. The molecular weight excluding hydrogens is 767 g/mol. The van der Waals surface area contributed by atoms with Crippen LogP contribution in [0.4, 0.5) is 8.78 Å². The Bertz CT molecular complexity index is 2580. The lowest BCUT2D eigenvalue weighted by molar-refractivity contribution is -0.133. The third-order valence-corrected chi connectivity index (χ3v) is 8.17. The molecule has 0 heterocycles. The molecule has 6 rings (SSSR count). The molecule has 0 saturated heterocycles. The minimum absolute atomic E-state index is 0.0498. The molecule has 60 heavy (non-hydrogen) atoms. The highest BCUT2D eigenvalue weighted by Gasteiger charge is 2.16. The number of terminal acetylenes is 1. The topological polar surface area (TPSA) is 130 Å². The molecule has 0 unspecified atom stereocenters. The van der Waals surface area contributed by atoms with Crippen molar-refractivity contribution in [3.8, 4) is 80.3 Å². The van der Waals surface area contributed by atoms with Gasteiger partial charge in [-0.25, -0.2) is 23.2 Å². The van der Waals surface area contributed by atoms with Crippen LogP contribution in [0.25, 0.3) is 44.5 Å². The van der Waals surface area contributed by atoms with Crippen LogP contribution in [0.5, 0.6) is 23.0 Å². The summed E-state index contributed by atoms with van der Waals surface area (Å²) in [5.41, 5.74) is 5.25. The van der Waals surface area contributed by atoms with Gasteiger partial charge in [-0.2, -0.15) is 0 Å². The van der Waals surface area contributed by atoms with E-state index in [0.29, 0.717) is 44.7 Å². The standard InChI is InChI=1S/C26H21FO4.C18H13FO2.C4H6O2.C2H2/c1-16(2)25(28)30-20-12-9-18(10-13-20)19-11-14-21(23(27)15-19)22-7-5-6-8-24(22)31-26(29)17(3)4;19-17-11-13(12-5-8-14(20)9-6-12)7-10-15(17)16-3-1-2-4-18(16)21;1-3(2)4(5)6;1-2/h5-15H,1,3H2,2,4H3;1-11,20-21H;1H2,2H3,(H,5,6);1-2H/i;;;1D. The zero-order valence-corrected chi connectivity index (χ0v) is 33.0. The number of hydrogen-bond acceptors (Lipinski definition) is 7. The van der Waals surface area contributed by atoms with Crippen LogP contribution in [-0.4, -0.2) is 33.2 Å². The van der Waals surface area contributed by atoms with Gasteiger partial charge in [0.05, 0.1) is 0 Å². The average molecular weight is 810 g/mol. The molecule has 0 atom stereocenters. The lowest BCUT2D eigenvalue weighted by atomic mass is 9.99. The molecule has 0 saturated carbocycles. The fraction of sp³-hybridized carbons (Fsp3) is 0.0600. The summed E-state index contributed by atoms with van der Waals surface area (Å²) in [5.74, 6) is -2.02. The van der Waals surface area contributed by atoms with Crippen LogP contribution >= 0.6 is 0 Å². The van der Waals surface area contributed by atoms with E-state index in [4.69, 9.17) is 16.0 Å². The zero-order chi connectivity index (χ0) is 45.2. The highest BCUT2D eigenvalue weighted by molar-refractivity contribution is 5.90. The van der Waals surface area contributed by atoms with Crippen LogP contribution in [0.2, 0.25) is 0 Å². The summed E-state index contributed by atoms with van der Waals surface area (Å²) < 4.78 is 45.6. The average Bonchev–Trinajstić information content (AvgIpc) is 3.22. The lowest BCUT2D eigenvalue weighted by Crippen LogP contribution is -2.09. The van der Waals surface area contributed by atoms with Crippen molar-refractivity contribution in [2.24, 2.45) is 0 Å². The van der Waals surface area contributed by atoms with Crippen molar-refractivity contribution in [2.75, 3.05) is 0 Å². The molecule has 0 aliphatic rings. The number of para-hydroxylation sites is 2. The number of carbonyl (C=O) groups excluding carboxylic acids is 2. The van der Waals surface area contributed by atoms with E-state index < -0.39 is 29.5 Å². The summed E-state index contributed by atoms with van der Waals surface area (Å²) in [6, 6.07) is 36.4. The minimum atomic E-state index is -0.935. The Hall–Kier alpha value is -8.03. The van der Waals surface area contributed by atoms with Crippen molar-refractivity contribution in [2.45, 2.75) is 20.8 Å². The molecular formula is C50H42F2O8. The van der Waals surface area contributed by atoms with Gasteiger partial charge >= 0.3 is 17.9 Å². The van der Waals surface area contributed by atoms with Crippen LogP contribution in [0, 0.1) is 24.5 Å². The monoisotopic (exact) mass is 809 g/mol. The number of halogens is 2. The van der Waals surface area contributed by atoms with Crippen molar-refractivity contribution in [1.82, 2.24) is 0 Å². The number of benzene rings is 6. The third kappa shape index (κ3) is 13.0. The number of phenols is 2. The maximum atomic E-state index is 15.0. The Morgan fingerprint density at radius 3 is 1.42 bits per heavy atom. The Labute approximate surface area is 349 Å². The number of carboxylic acid groups (broad SMARTS) is 1. The number of aromatic hydroxyl groups is 2. The van der Waals surface area contributed by atoms with E-state index in [1.165, 1.54) is 31.5 Å². The van der Waals surface area contributed by atoms with Gasteiger partial charge < -0.3 is 24.8 Å². The molecule has 10 heteroatoms. The Morgan fingerprint density at radius 1 is 0.567 bits per heavy atom. The van der Waals surface area contributed by atoms with Gasteiger partial charge in [-0.05, 0) is 91.6 Å². The van der Waals surface area contributed by atoms with E-state index in [-0.39, 0.29) is 28.4 Å². The van der Waals surface area contributed by atoms with Crippen LogP contribution in [0.3, 0.4) is 0 Å². The van der Waals surface area contributed by atoms with Crippen molar-refractivity contribution in [1.29, 1.82) is 0 Å². The van der Waals surface area contributed by atoms with E-state index in [9.17, 15) is 29.0 Å². The summed E-state index contributed by atoms with van der Waals surface area (Å²) in [4.78, 5) is 33.1. The highest BCUT2D eigenvalue weighted by atomic mass is 19.1. The SMILES string of the molecule is C=C(C)C(=O)O.C=C(C)C(=O)Oc1ccc(-c2ccc(-c3ccccc3OC(=O)C(=C)C)c(F)c2)cc1.Oc1ccc(-c2ccc(-c3ccccc3O)c(F)c2)cc1.[2H]C#C. The number of aliphatic carboxylic acids is 1. The number of carbonyl (C=O) groups is 3. The molecule has 0 aliphatic carbocycles. The fourth-order valence-electron chi connectivity index (χ4n) is 5.06. The van der Waals surface area contributed by atoms with Gasteiger partial charge in [0.15, 0.2) is 0 Å². The highest BCUT2D eigenvalue weighted by Crippen LogP contribution is 2.35. The van der Waals surface area contributed by atoms with Crippen molar-refractivity contribution >= 4 is 17.9 Å². The van der Waals surface area contributed by atoms with Crippen molar-refractivity contribution < 1.29 is 49.3 Å². The first-order valence-corrected chi connectivity index (χ1v) is 17.9. The molecule has 6 aromatic rings. The van der Waals surface area contributed by atoms with Gasteiger partial charge in [-0.1, -0.05) is 105 Å². The van der Waals surface area contributed by atoms with Crippen LogP contribution in [0.1, 0.15) is 22.1 Å². The minimum Gasteiger partial charge on any atom is -0.508 e. The molecule has 0 radical (unpaired) electrons. The van der Waals surface area contributed by atoms with Gasteiger partial charge in [0.1, 0.15) is 36.0 Å². The van der Waals surface area contributed by atoms with Gasteiger partial charge in [0.2, 0.25) is 0 Å². The first-order valence-electron chi connectivity index (χ1n) is 18.4. The van der Waals surface area contributed by atoms with E-state index in [2.05, 4.69) is 26.2 Å². The molecule has 304 valence electrons. The second-order valence-corrected chi connectivity index (χ2v) is 12.9. The third-order valence-electron chi connectivity index (χ3n) is 8.17. The van der Waals surface area contributed by atoms with Crippen LogP contribution in [0.15, 0.2) is 170 Å². The maximum Gasteiger partial charge on any atom is 0.338 e. The summed E-state index contributed by atoms with van der Waals surface area (Å²) >= 11 is 0. The quantitative estimate of drug-likeness (QED) is 0.0569. The molecule has 0 fully saturated rings. The summed E-state index contributed by atoms with van der Waals surface area (Å²) in [5, 5.41) is 27.0. The fourth-order valence-corrected chi connectivity index (χ4v) is 5.06. The van der Waals surface area contributed by atoms with Gasteiger partial charge in [0, 0.05) is 39.0 Å². The zero-order valence-electron chi connectivity index (χ0n) is 34.0. The molecule has 0 aromatic heterocycles. The second kappa shape index (κ2) is 22.1. The normalized spacial score (nSPS) is 9.90. The Kier molecular flexibility index (Phi) is 16.4. The van der Waals surface area contributed by atoms with Crippen molar-refractivity contribution in [3.05, 3.63) is 182 Å². The molecule has 0 aliphatic heterocycles. The predicted octanol–water partition coefficient (Wildman–Crippen LogP) is 11.6. The largest absolute Gasteiger partial charge is 0.508 e. The molecule has 8 nitrogen and oxygen atoms in total. The summed E-state index contributed by atoms with van der Waals surface area (Å²) in [6.45, 7) is 14.8. The maximum absolute atomic E-state index is 15.0. The van der Waals surface area contributed by atoms with Crippen LogP contribution in [-0.2, 0) is 14.4 Å². The van der Waals surface area contributed by atoms with Gasteiger partial charge in [-0.3, -0.25) is 0 Å². The number of esters is 2. The smallest absolute Gasteiger partial charge is 0.338 e. The van der Waals surface area contributed by atoms with E-state index in [0.717, 1.165) is 11.1 Å². The summed E-state index contributed by atoms with van der Waals surface area (Å²) in [6.07, 6.45) is 5.76.